The zero-order chi connectivity index (χ0) is 14.1. The van der Waals surface area contributed by atoms with Crippen molar-refractivity contribution in [2.45, 2.75) is 0 Å². The van der Waals surface area contributed by atoms with E-state index >= 15 is 0 Å². The number of halogens is 1. The number of H-pyrrole nitrogens is 1. The monoisotopic (exact) mass is 270 g/mol. The van der Waals surface area contributed by atoms with Crippen molar-refractivity contribution in [3.63, 3.8) is 0 Å². The highest BCUT2D eigenvalue weighted by atomic mass is 19.1. The molecule has 1 aromatic heterocycles. The number of phenols is 1. The summed E-state index contributed by atoms with van der Waals surface area (Å²) >= 11 is 0. The lowest BCUT2D eigenvalue weighted by Gasteiger charge is -2.01. The number of phenolic OH excluding ortho intramolecular Hbond substituents is 1. The molecule has 3 rings (SSSR count). The minimum Gasteiger partial charge on any atom is -0.507 e. The van der Waals surface area contributed by atoms with Gasteiger partial charge in [-0.25, -0.2) is 9.37 Å². The maximum atomic E-state index is 13.2. The van der Waals surface area contributed by atoms with Crippen LogP contribution in [-0.4, -0.2) is 20.3 Å². The van der Waals surface area contributed by atoms with Crippen LogP contribution in [0.2, 0.25) is 0 Å². The number of aromatic hydroxyl groups is 1. The predicted octanol–water partition coefficient (Wildman–Crippen LogP) is 2.57. The van der Waals surface area contributed by atoms with Crippen molar-refractivity contribution in [3.05, 3.63) is 48.3 Å². The van der Waals surface area contributed by atoms with Gasteiger partial charge in [0.05, 0.1) is 5.56 Å². The Bertz CT molecular complexity index is 769. The number of rotatable bonds is 2. The van der Waals surface area contributed by atoms with Crippen molar-refractivity contribution in [1.82, 2.24) is 15.2 Å². The van der Waals surface area contributed by atoms with Gasteiger partial charge in [-0.05, 0) is 30.3 Å². The Morgan fingerprint density at radius 3 is 2.80 bits per heavy atom. The number of aromatic nitrogens is 3. The summed E-state index contributed by atoms with van der Waals surface area (Å²) in [5.41, 5.74) is 7.18. The molecule has 3 aromatic rings. The van der Waals surface area contributed by atoms with Gasteiger partial charge in [-0.2, -0.15) is 5.10 Å². The molecule has 4 N–H and O–H groups in total. The van der Waals surface area contributed by atoms with Gasteiger partial charge in [0.2, 0.25) is 0 Å². The Labute approximate surface area is 113 Å². The van der Waals surface area contributed by atoms with E-state index in [1.807, 2.05) is 0 Å². The van der Waals surface area contributed by atoms with E-state index in [0.717, 1.165) is 0 Å². The van der Waals surface area contributed by atoms with Gasteiger partial charge < -0.3 is 10.8 Å². The van der Waals surface area contributed by atoms with Gasteiger partial charge in [-0.3, -0.25) is 5.10 Å². The van der Waals surface area contributed by atoms with Crippen molar-refractivity contribution in [3.8, 4) is 28.5 Å². The van der Waals surface area contributed by atoms with Gasteiger partial charge in [0.15, 0.2) is 11.6 Å². The fourth-order valence-electron chi connectivity index (χ4n) is 1.88. The standard InChI is InChI=1S/C14H11FN4O/c15-9-3-1-2-8(6-9)13-17-14(19-18-13)11-7-10(16)4-5-12(11)20/h1-7,20H,16H2,(H,17,18,19). The van der Waals surface area contributed by atoms with Crippen LogP contribution in [0.1, 0.15) is 0 Å². The molecule has 0 saturated carbocycles. The second-order valence-corrected chi connectivity index (χ2v) is 4.29. The van der Waals surface area contributed by atoms with Crippen LogP contribution in [0.15, 0.2) is 42.5 Å². The van der Waals surface area contributed by atoms with Crippen LogP contribution >= 0.6 is 0 Å². The lowest BCUT2D eigenvalue weighted by atomic mass is 10.1. The Morgan fingerprint density at radius 1 is 1.15 bits per heavy atom. The largest absolute Gasteiger partial charge is 0.507 e. The van der Waals surface area contributed by atoms with Crippen LogP contribution in [0.25, 0.3) is 22.8 Å². The summed E-state index contributed by atoms with van der Waals surface area (Å²) in [7, 11) is 0. The third-order valence-electron chi connectivity index (χ3n) is 2.84. The summed E-state index contributed by atoms with van der Waals surface area (Å²) in [5, 5.41) is 16.5. The summed E-state index contributed by atoms with van der Waals surface area (Å²) in [6.07, 6.45) is 0. The molecule has 0 aliphatic heterocycles. The topological polar surface area (TPSA) is 87.8 Å². The smallest absolute Gasteiger partial charge is 0.181 e. The second kappa shape index (κ2) is 4.65. The molecule has 20 heavy (non-hydrogen) atoms. The van der Waals surface area contributed by atoms with Crippen LogP contribution in [0.4, 0.5) is 10.1 Å². The molecule has 0 radical (unpaired) electrons. The van der Waals surface area contributed by atoms with Gasteiger partial charge >= 0.3 is 0 Å². The van der Waals surface area contributed by atoms with Gasteiger partial charge in [-0.15, -0.1) is 0 Å². The number of nitrogens with zero attached hydrogens (tertiary/aromatic N) is 2. The fourth-order valence-corrected chi connectivity index (χ4v) is 1.88. The molecule has 0 bridgehead atoms. The van der Waals surface area contributed by atoms with Crippen molar-refractivity contribution in [2.24, 2.45) is 0 Å². The summed E-state index contributed by atoms with van der Waals surface area (Å²) in [4.78, 5) is 4.24. The predicted molar refractivity (Wildman–Crippen MR) is 73.3 cm³/mol. The lowest BCUT2D eigenvalue weighted by Crippen LogP contribution is -1.88. The van der Waals surface area contributed by atoms with E-state index in [0.29, 0.717) is 28.5 Å². The molecule has 0 spiro atoms. The highest BCUT2D eigenvalue weighted by Gasteiger charge is 2.11. The number of nitrogen functional groups attached to an aromatic ring is 1. The van der Waals surface area contributed by atoms with Crippen molar-refractivity contribution in [1.29, 1.82) is 0 Å². The molecule has 2 aromatic carbocycles. The molecule has 6 heteroatoms. The third kappa shape index (κ3) is 2.18. The maximum Gasteiger partial charge on any atom is 0.181 e. The van der Waals surface area contributed by atoms with E-state index in [2.05, 4.69) is 15.2 Å². The Morgan fingerprint density at radius 2 is 2.00 bits per heavy atom. The van der Waals surface area contributed by atoms with Crippen LogP contribution in [-0.2, 0) is 0 Å². The molecule has 0 aliphatic carbocycles. The van der Waals surface area contributed by atoms with Crippen molar-refractivity contribution >= 4 is 5.69 Å². The van der Waals surface area contributed by atoms with Crippen molar-refractivity contribution in [2.75, 3.05) is 5.73 Å². The number of nitrogens with one attached hydrogen (secondary N) is 1. The number of nitrogens with two attached hydrogens (primary N) is 1. The Balaban J connectivity index is 2.04. The Kier molecular flexibility index (Phi) is 2.83. The zero-order valence-electron chi connectivity index (χ0n) is 10.3. The van der Waals surface area contributed by atoms with E-state index in [9.17, 15) is 9.50 Å². The van der Waals surface area contributed by atoms with Gasteiger partial charge in [0, 0.05) is 11.3 Å². The van der Waals surface area contributed by atoms with Gasteiger partial charge in [0.25, 0.3) is 0 Å². The average molecular weight is 270 g/mol. The first-order valence-electron chi connectivity index (χ1n) is 5.91. The number of hydrogen-bond donors (Lipinski definition) is 3. The molecular formula is C14H11FN4O. The van der Waals surface area contributed by atoms with E-state index in [-0.39, 0.29) is 11.6 Å². The summed E-state index contributed by atoms with van der Waals surface area (Å²) in [6, 6.07) is 10.6. The molecule has 100 valence electrons. The molecule has 1 heterocycles. The van der Waals surface area contributed by atoms with E-state index in [4.69, 9.17) is 5.73 Å². The minimum absolute atomic E-state index is 0.0427. The molecule has 5 nitrogen and oxygen atoms in total. The SMILES string of the molecule is Nc1ccc(O)c(-c2nc(-c3cccc(F)c3)n[nH]2)c1. The molecule has 0 amide bonds. The number of hydrogen-bond acceptors (Lipinski definition) is 4. The summed E-state index contributed by atoms with van der Waals surface area (Å²) < 4.78 is 13.2. The van der Waals surface area contributed by atoms with E-state index in [1.165, 1.54) is 18.2 Å². The quantitative estimate of drug-likeness (QED) is 0.493. The summed E-state index contributed by atoms with van der Waals surface area (Å²) in [5.74, 6) is 0.400. The highest BCUT2D eigenvalue weighted by Crippen LogP contribution is 2.29. The van der Waals surface area contributed by atoms with Gasteiger partial charge in [0.1, 0.15) is 11.6 Å². The highest BCUT2D eigenvalue weighted by molar-refractivity contribution is 5.69. The molecule has 0 fully saturated rings. The fraction of sp³-hybridized carbons (Fsp3) is 0. The van der Waals surface area contributed by atoms with Crippen LogP contribution in [0, 0.1) is 5.82 Å². The lowest BCUT2D eigenvalue weighted by molar-refractivity contribution is 0.477. The first-order valence-corrected chi connectivity index (χ1v) is 5.91. The van der Waals surface area contributed by atoms with Crippen LogP contribution in [0.3, 0.4) is 0 Å². The average Bonchev–Trinajstić information content (AvgIpc) is 2.91. The minimum atomic E-state index is -0.361. The number of anilines is 1. The maximum absolute atomic E-state index is 13.2. The number of benzene rings is 2. The van der Waals surface area contributed by atoms with Crippen molar-refractivity contribution < 1.29 is 9.50 Å². The molecule has 0 unspecified atom stereocenters. The van der Waals surface area contributed by atoms with Gasteiger partial charge in [-0.1, -0.05) is 12.1 Å². The first-order chi connectivity index (χ1) is 9.63. The third-order valence-corrected chi connectivity index (χ3v) is 2.84. The molecular weight excluding hydrogens is 259 g/mol. The zero-order valence-corrected chi connectivity index (χ0v) is 10.3. The molecule has 0 atom stereocenters. The van der Waals surface area contributed by atoms with E-state index < -0.39 is 0 Å². The summed E-state index contributed by atoms with van der Waals surface area (Å²) in [6.45, 7) is 0. The molecule has 0 aliphatic rings. The van der Waals surface area contributed by atoms with Crippen LogP contribution in [0.5, 0.6) is 5.75 Å². The van der Waals surface area contributed by atoms with E-state index in [1.54, 1.807) is 24.3 Å². The normalized spacial score (nSPS) is 10.7. The molecule has 0 saturated heterocycles. The first kappa shape index (κ1) is 12.2. The second-order valence-electron chi connectivity index (χ2n) is 4.29. The number of aromatic amines is 1. The Hall–Kier alpha value is -2.89. The van der Waals surface area contributed by atoms with Crippen LogP contribution < -0.4 is 5.73 Å².